The molecule has 0 saturated heterocycles. The van der Waals surface area contributed by atoms with Gasteiger partial charge in [-0.05, 0) is 85.8 Å². The molecule has 41 heavy (non-hydrogen) atoms. The molecule has 1 N–H and O–H groups in total. The molecule has 0 bridgehead atoms. The van der Waals surface area contributed by atoms with E-state index >= 15 is 0 Å². The highest BCUT2D eigenvalue weighted by Crippen LogP contribution is 2.27. The zero-order valence-corrected chi connectivity index (χ0v) is 23.5. The molecule has 5 aromatic rings. The molecule has 206 valence electrons. The average Bonchev–Trinajstić information content (AvgIpc) is 3.45. The van der Waals surface area contributed by atoms with Gasteiger partial charge in [0.2, 0.25) is 0 Å². The lowest BCUT2D eigenvalue weighted by Crippen LogP contribution is -2.30. The van der Waals surface area contributed by atoms with Gasteiger partial charge in [-0.25, -0.2) is 9.48 Å². The van der Waals surface area contributed by atoms with Gasteiger partial charge in [0.25, 0.3) is 5.91 Å². The number of aryl methyl sites for hydroxylation is 2. The van der Waals surface area contributed by atoms with Crippen LogP contribution in [-0.4, -0.2) is 28.3 Å². The first kappa shape index (κ1) is 27.6. The molecule has 1 heterocycles. The molecule has 0 aliphatic rings. The Kier molecular flexibility index (Phi) is 8.39. The molecule has 0 aliphatic carbocycles. The second kappa shape index (κ2) is 12.5. The van der Waals surface area contributed by atoms with Gasteiger partial charge in [0.05, 0.1) is 24.0 Å². The smallest absolute Gasteiger partial charge is 0.358 e. The van der Waals surface area contributed by atoms with Gasteiger partial charge >= 0.3 is 5.97 Å². The maximum Gasteiger partial charge on any atom is 0.358 e. The van der Waals surface area contributed by atoms with E-state index in [2.05, 4.69) is 48.5 Å². The highest BCUT2D eigenvalue weighted by atomic mass is 16.5. The van der Waals surface area contributed by atoms with Gasteiger partial charge in [-0.15, -0.1) is 0 Å². The average molecular weight is 544 g/mol. The van der Waals surface area contributed by atoms with Gasteiger partial charge in [-0.1, -0.05) is 72.8 Å². The van der Waals surface area contributed by atoms with Crippen LogP contribution in [0.25, 0.3) is 16.9 Å². The number of carbonyl (C=O) groups excluding carboxylic acids is 2. The predicted octanol–water partition coefficient (Wildman–Crippen LogP) is 7.05. The summed E-state index contributed by atoms with van der Waals surface area (Å²) in [7, 11) is 0. The summed E-state index contributed by atoms with van der Waals surface area (Å²) in [5.41, 5.74) is 7.71. The van der Waals surface area contributed by atoms with Crippen LogP contribution in [0.1, 0.15) is 56.1 Å². The Labute approximate surface area is 240 Å². The van der Waals surface area contributed by atoms with Crippen LogP contribution in [0.5, 0.6) is 0 Å². The molecular weight excluding hydrogens is 510 g/mol. The number of hydrogen-bond acceptors (Lipinski definition) is 4. The van der Waals surface area contributed by atoms with Crippen LogP contribution in [0, 0.1) is 13.8 Å². The quantitative estimate of drug-likeness (QED) is 0.202. The number of rotatable bonds is 9. The molecule has 0 fully saturated rings. The minimum Gasteiger partial charge on any atom is -0.461 e. The number of nitrogens with one attached hydrogen (secondary N) is 1. The number of amides is 1. The van der Waals surface area contributed by atoms with Crippen molar-refractivity contribution in [3.05, 3.63) is 143 Å². The Morgan fingerprint density at radius 2 is 1.51 bits per heavy atom. The van der Waals surface area contributed by atoms with E-state index in [0.717, 1.165) is 33.6 Å². The third kappa shape index (κ3) is 6.44. The van der Waals surface area contributed by atoms with Crippen molar-refractivity contribution in [3.63, 3.8) is 0 Å². The Balaban J connectivity index is 1.43. The fraction of sp³-hybridized carbons (Fsp3) is 0.171. The summed E-state index contributed by atoms with van der Waals surface area (Å²) in [4.78, 5) is 25.9. The maximum absolute atomic E-state index is 13.4. The van der Waals surface area contributed by atoms with Crippen LogP contribution >= 0.6 is 0 Å². The Hall–Kier alpha value is -4.97. The molecule has 0 saturated carbocycles. The summed E-state index contributed by atoms with van der Waals surface area (Å²) in [6, 6.07) is 35.1. The van der Waals surface area contributed by atoms with E-state index in [1.165, 1.54) is 5.56 Å². The first-order valence-electron chi connectivity index (χ1n) is 13.8. The van der Waals surface area contributed by atoms with Crippen molar-refractivity contribution in [2.75, 3.05) is 6.61 Å². The molecule has 6 nitrogen and oxygen atoms in total. The number of aromatic nitrogens is 2. The molecule has 6 heteroatoms. The maximum atomic E-state index is 13.4. The monoisotopic (exact) mass is 543 g/mol. The molecule has 1 amide bonds. The van der Waals surface area contributed by atoms with Gasteiger partial charge < -0.3 is 10.1 Å². The van der Waals surface area contributed by atoms with Crippen molar-refractivity contribution in [2.24, 2.45) is 0 Å². The minimum atomic E-state index is -0.474. The fourth-order valence-electron chi connectivity index (χ4n) is 4.77. The Bertz CT molecular complexity index is 1640. The second-order valence-electron chi connectivity index (χ2n) is 10.0. The van der Waals surface area contributed by atoms with Gasteiger partial charge in [0.15, 0.2) is 5.69 Å². The van der Waals surface area contributed by atoms with Crippen molar-refractivity contribution in [1.29, 1.82) is 0 Å². The lowest BCUT2D eigenvalue weighted by molar-refractivity contribution is 0.0518. The number of benzene rings is 4. The number of esters is 1. The standard InChI is InChI=1S/C35H33N3O3/c1-4-41-35(40)32-23-33(29-16-15-24(2)25(3)21-29)38(37-32)30-19-17-28(18-20-30)34(39)36-31(27-13-9-6-10-14-27)22-26-11-7-5-8-12-26/h5-21,23,31H,4,22H2,1-3H3,(H,36,39)/t31-/m1/s1. The number of ether oxygens (including phenoxy) is 1. The normalized spacial score (nSPS) is 11.6. The van der Waals surface area contributed by atoms with Crippen LogP contribution in [0.15, 0.2) is 109 Å². The second-order valence-corrected chi connectivity index (χ2v) is 10.0. The van der Waals surface area contributed by atoms with E-state index in [1.807, 2.05) is 66.7 Å². The van der Waals surface area contributed by atoms with Crippen molar-refractivity contribution in [2.45, 2.75) is 33.2 Å². The molecule has 0 spiro atoms. The topological polar surface area (TPSA) is 73.2 Å². The molecular formula is C35H33N3O3. The van der Waals surface area contributed by atoms with E-state index in [4.69, 9.17) is 4.74 Å². The van der Waals surface area contributed by atoms with Crippen molar-refractivity contribution >= 4 is 11.9 Å². The van der Waals surface area contributed by atoms with E-state index in [1.54, 1.807) is 29.8 Å². The van der Waals surface area contributed by atoms with Gasteiger partial charge in [-0.2, -0.15) is 5.10 Å². The van der Waals surface area contributed by atoms with Crippen LogP contribution in [-0.2, 0) is 11.2 Å². The highest BCUT2D eigenvalue weighted by molar-refractivity contribution is 5.94. The largest absolute Gasteiger partial charge is 0.461 e. The zero-order chi connectivity index (χ0) is 28.8. The molecule has 5 rings (SSSR count). The summed E-state index contributed by atoms with van der Waals surface area (Å²) < 4.78 is 6.93. The first-order chi connectivity index (χ1) is 19.9. The minimum absolute atomic E-state index is 0.164. The fourth-order valence-corrected chi connectivity index (χ4v) is 4.77. The number of nitrogens with zero attached hydrogens (tertiary/aromatic N) is 2. The molecule has 4 aromatic carbocycles. The molecule has 0 unspecified atom stereocenters. The Morgan fingerprint density at radius 1 is 0.829 bits per heavy atom. The predicted molar refractivity (Wildman–Crippen MR) is 161 cm³/mol. The molecule has 0 radical (unpaired) electrons. The summed E-state index contributed by atoms with van der Waals surface area (Å²) >= 11 is 0. The lowest BCUT2D eigenvalue weighted by atomic mass is 9.98. The van der Waals surface area contributed by atoms with Crippen LogP contribution in [0.2, 0.25) is 0 Å². The van der Waals surface area contributed by atoms with Crippen LogP contribution < -0.4 is 5.32 Å². The number of carbonyl (C=O) groups is 2. The van der Waals surface area contributed by atoms with Crippen molar-refractivity contribution in [1.82, 2.24) is 15.1 Å². The van der Waals surface area contributed by atoms with Gasteiger partial charge in [0, 0.05) is 11.1 Å². The van der Waals surface area contributed by atoms with Crippen LogP contribution in [0.3, 0.4) is 0 Å². The first-order valence-corrected chi connectivity index (χ1v) is 13.8. The van der Waals surface area contributed by atoms with Gasteiger partial charge in [-0.3, -0.25) is 4.79 Å². The van der Waals surface area contributed by atoms with E-state index < -0.39 is 5.97 Å². The SMILES string of the molecule is CCOC(=O)c1cc(-c2ccc(C)c(C)c2)n(-c2ccc(C(=O)N[C@H](Cc3ccccc3)c3ccccc3)cc2)n1. The summed E-state index contributed by atoms with van der Waals surface area (Å²) in [6.45, 7) is 6.15. The van der Waals surface area contributed by atoms with E-state index in [9.17, 15) is 9.59 Å². The highest BCUT2D eigenvalue weighted by Gasteiger charge is 2.20. The molecule has 1 atom stereocenters. The number of hydrogen-bond donors (Lipinski definition) is 1. The van der Waals surface area contributed by atoms with Crippen LogP contribution in [0.4, 0.5) is 0 Å². The summed E-state index contributed by atoms with van der Waals surface area (Å²) in [5, 5.41) is 7.80. The Morgan fingerprint density at radius 3 is 2.17 bits per heavy atom. The summed E-state index contributed by atoms with van der Waals surface area (Å²) in [6.07, 6.45) is 0.678. The molecule has 1 aromatic heterocycles. The van der Waals surface area contributed by atoms with E-state index in [0.29, 0.717) is 12.0 Å². The van der Waals surface area contributed by atoms with Crippen molar-refractivity contribution < 1.29 is 14.3 Å². The summed E-state index contributed by atoms with van der Waals surface area (Å²) in [5.74, 6) is -0.638. The lowest BCUT2D eigenvalue weighted by Gasteiger charge is -2.20. The van der Waals surface area contributed by atoms with E-state index in [-0.39, 0.29) is 24.2 Å². The zero-order valence-electron chi connectivity index (χ0n) is 23.5. The van der Waals surface area contributed by atoms with Crippen molar-refractivity contribution in [3.8, 4) is 16.9 Å². The third-order valence-electron chi connectivity index (χ3n) is 7.16. The molecule has 0 aliphatic heterocycles. The van der Waals surface area contributed by atoms with Gasteiger partial charge in [0.1, 0.15) is 0 Å². The third-order valence-corrected chi connectivity index (χ3v) is 7.16.